The van der Waals surface area contributed by atoms with Gasteiger partial charge < -0.3 is 15.3 Å². The van der Waals surface area contributed by atoms with Crippen molar-refractivity contribution in [2.45, 2.75) is 19.3 Å². The van der Waals surface area contributed by atoms with Crippen molar-refractivity contribution < 1.29 is 14.7 Å². The van der Waals surface area contributed by atoms with Crippen LogP contribution in [0.3, 0.4) is 0 Å². The van der Waals surface area contributed by atoms with Crippen LogP contribution in [0.4, 0.5) is 5.69 Å². The van der Waals surface area contributed by atoms with Crippen molar-refractivity contribution in [3.8, 4) is 0 Å². The molecule has 7 heteroatoms. The lowest BCUT2D eigenvalue weighted by Crippen LogP contribution is -2.25. The first-order valence-electron chi connectivity index (χ1n) is 6.72. The number of nitrogens with one attached hydrogen (secondary N) is 1. The van der Waals surface area contributed by atoms with Gasteiger partial charge in [-0.25, -0.2) is 4.79 Å². The molecule has 0 saturated carbocycles. The van der Waals surface area contributed by atoms with E-state index in [1.165, 1.54) is 25.0 Å². The number of amides is 1. The molecule has 2 N–H and O–H groups in total. The van der Waals surface area contributed by atoms with Crippen molar-refractivity contribution in [3.63, 3.8) is 0 Å². The van der Waals surface area contributed by atoms with E-state index in [9.17, 15) is 9.59 Å². The average Bonchev–Trinajstić information content (AvgIpc) is 2.93. The monoisotopic (exact) mass is 330 g/mol. The fourth-order valence-corrected chi connectivity index (χ4v) is 2.87. The van der Waals surface area contributed by atoms with Gasteiger partial charge in [0.2, 0.25) is 5.91 Å². The lowest BCUT2D eigenvalue weighted by atomic mass is 10.2. The molecule has 0 unspecified atom stereocenters. The number of rotatable bonds is 5. The Balaban J connectivity index is 1.98. The van der Waals surface area contributed by atoms with Gasteiger partial charge in [0.1, 0.15) is 0 Å². The number of halogens is 2. The topological polar surface area (TPSA) is 69.6 Å². The highest BCUT2D eigenvalue weighted by atomic mass is 35.5. The molecule has 1 heterocycles. The van der Waals surface area contributed by atoms with Gasteiger partial charge in [0.15, 0.2) is 0 Å². The maximum absolute atomic E-state index is 11.9. The maximum Gasteiger partial charge on any atom is 0.335 e. The van der Waals surface area contributed by atoms with Gasteiger partial charge in [-0.1, -0.05) is 23.2 Å². The molecule has 0 aliphatic carbocycles. The molecule has 114 valence electrons. The lowest BCUT2D eigenvalue weighted by Gasteiger charge is -2.15. The van der Waals surface area contributed by atoms with E-state index < -0.39 is 5.97 Å². The van der Waals surface area contributed by atoms with Crippen LogP contribution in [0.25, 0.3) is 0 Å². The number of carbonyl (C=O) groups is 2. The second kappa shape index (κ2) is 7.11. The van der Waals surface area contributed by atoms with E-state index in [4.69, 9.17) is 28.3 Å². The summed E-state index contributed by atoms with van der Waals surface area (Å²) in [6.07, 6.45) is 2.71. The third-order valence-corrected chi connectivity index (χ3v) is 4.00. The predicted molar refractivity (Wildman–Crippen MR) is 82.3 cm³/mol. The summed E-state index contributed by atoms with van der Waals surface area (Å²) >= 11 is 12.0. The van der Waals surface area contributed by atoms with Crippen LogP contribution < -0.4 is 5.32 Å². The minimum Gasteiger partial charge on any atom is -0.478 e. The highest BCUT2D eigenvalue weighted by Gasteiger charge is 2.16. The van der Waals surface area contributed by atoms with Gasteiger partial charge in [-0.3, -0.25) is 4.79 Å². The van der Waals surface area contributed by atoms with Crippen LogP contribution in [0, 0.1) is 0 Å². The molecule has 1 saturated heterocycles. The first-order valence-corrected chi connectivity index (χ1v) is 7.47. The molecular weight excluding hydrogens is 315 g/mol. The number of carboxylic acids is 1. The Hall–Kier alpha value is -1.30. The number of carboxylic acid groups (broad SMARTS) is 1. The standard InChI is InChI=1S/C14H16Cl2N2O3/c15-10-7-9(14(20)21)8-11(16)13(10)17-12(19)3-6-18-4-1-2-5-18/h7-8H,1-6H2,(H,17,19)(H,20,21). The Kier molecular flexibility index (Phi) is 5.45. The number of benzene rings is 1. The quantitative estimate of drug-likeness (QED) is 0.870. The third-order valence-electron chi connectivity index (χ3n) is 3.41. The predicted octanol–water partition coefficient (Wildman–Crippen LogP) is 3.12. The summed E-state index contributed by atoms with van der Waals surface area (Å²) in [4.78, 5) is 25.0. The summed E-state index contributed by atoms with van der Waals surface area (Å²) in [5.74, 6) is -1.31. The minimum absolute atomic E-state index is 0.0138. The molecule has 0 radical (unpaired) electrons. The van der Waals surface area contributed by atoms with Crippen molar-refractivity contribution in [1.82, 2.24) is 4.90 Å². The Labute approximate surface area is 132 Å². The number of likely N-dealkylation sites (tertiary alicyclic amines) is 1. The Morgan fingerprint density at radius 3 is 2.29 bits per heavy atom. The Morgan fingerprint density at radius 1 is 1.19 bits per heavy atom. The molecule has 0 aromatic heterocycles. The van der Waals surface area contributed by atoms with Crippen LogP contribution in [-0.2, 0) is 4.79 Å². The largest absolute Gasteiger partial charge is 0.478 e. The van der Waals surface area contributed by atoms with Crippen LogP contribution in [0.5, 0.6) is 0 Å². The van der Waals surface area contributed by atoms with Crippen LogP contribution in [0.1, 0.15) is 29.6 Å². The number of carbonyl (C=O) groups excluding carboxylic acids is 1. The zero-order valence-electron chi connectivity index (χ0n) is 11.4. The van der Waals surface area contributed by atoms with Gasteiger partial charge >= 0.3 is 5.97 Å². The van der Waals surface area contributed by atoms with E-state index in [1.807, 2.05) is 0 Å². The first-order chi connectivity index (χ1) is 9.97. The normalized spacial score (nSPS) is 15.1. The van der Waals surface area contributed by atoms with Crippen molar-refractivity contribution in [2.75, 3.05) is 25.0 Å². The zero-order valence-corrected chi connectivity index (χ0v) is 12.9. The van der Waals surface area contributed by atoms with E-state index in [0.717, 1.165) is 13.1 Å². The second-order valence-corrected chi connectivity index (χ2v) is 5.78. The fourth-order valence-electron chi connectivity index (χ4n) is 2.28. The van der Waals surface area contributed by atoms with Crippen LogP contribution in [-0.4, -0.2) is 41.5 Å². The van der Waals surface area contributed by atoms with Crippen LogP contribution in [0.15, 0.2) is 12.1 Å². The van der Waals surface area contributed by atoms with Crippen molar-refractivity contribution in [1.29, 1.82) is 0 Å². The Morgan fingerprint density at radius 2 is 1.76 bits per heavy atom. The van der Waals surface area contributed by atoms with E-state index >= 15 is 0 Å². The molecule has 1 aromatic rings. The summed E-state index contributed by atoms with van der Waals surface area (Å²) in [5.41, 5.74) is 0.245. The third kappa shape index (κ3) is 4.33. The van der Waals surface area contributed by atoms with E-state index in [2.05, 4.69) is 10.2 Å². The number of aromatic carboxylic acids is 1. The summed E-state index contributed by atoms with van der Waals surface area (Å²) in [5, 5.41) is 11.8. The van der Waals surface area contributed by atoms with Gasteiger partial charge in [-0.15, -0.1) is 0 Å². The number of hydrogen-bond donors (Lipinski definition) is 2. The van der Waals surface area contributed by atoms with Gasteiger partial charge in [0.25, 0.3) is 0 Å². The van der Waals surface area contributed by atoms with Gasteiger partial charge in [-0.05, 0) is 38.1 Å². The van der Waals surface area contributed by atoms with E-state index in [0.29, 0.717) is 13.0 Å². The highest BCUT2D eigenvalue weighted by Crippen LogP contribution is 2.32. The molecule has 0 atom stereocenters. The van der Waals surface area contributed by atoms with Crippen LogP contribution >= 0.6 is 23.2 Å². The molecule has 0 spiro atoms. The average molecular weight is 331 g/mol. The molecular formula is C14H16Cl2N2O3. The summed E-state index contributed by atoms with van der Waals surface area (Å²) in [7, 11) is 0. The zero-order chi connectivity index (χ0) is 15.4. The summed E-state index contributed by atoms with van der Waals surface area (Å²) in [6, 6.07) is 2.54. The van der Waals surface area contributed by atoms with Crippen LogP contribution in [0.2, 0.25) is 10.0 Å². The number of anilines is 1. The maximum atomic E-state index is 11.9. The molecule has 1 amide bonds. The number of hydrogen-bond acceptors (Lipinski definition) is 3. The molecule has 0 bridgehead atoms. The summed E-state index contributed by atoms with van der Waals surface area (Å²) < 4.78 is 0. The molecule has 1 aliphatic rings. The molecule has 1 fully saturated rings. The second-order valence-electron chi connectivity index (χ2n) is 4.97. The molecule has 5 nitrogen and oxygen atoms in total. The smallest absolute Gasteiger partial charge is 0.335 e. The van der Waals surface area contributed by atoms with Crippen molar-refractivity contribution >= 4 is 40.8 Å². The Bertz CT molecular complexity index is 534. The van der Waals surface area contributed by atoms with E-state index in [-0.39, 0.29) is 27.2 Å². The van der Waals surface area contributed by atoms with Crippen molar-refractivity contribution in [3.05, 3.63) is 27.7 Å². The van der Waals surface area contributed by atoms with Gasteiger partial charge in [0.05, 0.1) is 21.3 Å². The molecule has 2 rings (SSSR count). The van der Waals surface area contributed by atoms with Crippen molar-refractivity contribution in [2.24, 2.45) is 0 Å². The SMILES string of the molecule is O=C(CCN1CCCC1)Nc1c(Cl)cc(C(=O)O)cc1Cl. The summed E-state index contributed by atoms with van der Waals surface area (Å²) in [6.45, 7) is 2.76. The first kappa shape index (κ1) is 16.1. The minimum atomic E-state index is -1.12. The lowest BCUT2D eigenvalue weighted by molar-refractivity contribution is -0.116. The molecule has 21 heavy (non-hydrogen) atoms. The van der Waals surface area contributed by atoms with Gasteiger partial charge in [-0.2, -0.15) is 0 Å². The fraction of sp³-hybridized carbons (Fsp3) is 0.429. The molecule has 1 aromatic carbocycles. The highest BCUT2D eigenvalue weighted by molar-refractivity contribution is 6.40. The molecule has 1 aliphatic heterocycles. The van der Waals surface area contributed by atoms with E-state index in [1.54, 1.807) is 0 Å². The number of nitrogens with zero attached hydrogens (tertiary/aromatic N) is 1. The van der Waals surface area contributed by atoms with Gasteiger partial charge in [0, 0.05) is 13.0 Å².